The Bertz CT molecular complexity index is 123. The van der Waals surface area contributed by atoms with Crippen molar-refractivity contribution >= 4 is 0 Å². The summed E-state index contributed by atoms with van der Waals surface area (Å²) in [6.07, 6.45) is -0.779. The molecule has 1 atom stereocenters. The standard InChI is InChI=1S/C7H12O3/c1-2-3-4-10-6-7(9)5-8/h7-9H,4-6H2,1H3. The van der Waals surface area contributed by atoms with Crippen molar-refractivity contribution in [3.05, 3.63) is 0 Å². The minimum absolute atomic E-state index is 0.144. The maximum Gasteiger partial charge on any atom is 0.107 e. The second kappa shape index (κ2) is 6.56. The summed E-state index contributed by atoms with van der Waals surface area (Å²) in [5, 5.41) is 17.1. The van der Waals surface area contributed by atoms with Crippen LogP contribution in [0.2, 0.25) is 0 Å². The van der Waals surface area contributed by atoms with Crippen LogP contribution in [0.25, 0.3) is 0 Å². The topological polar surface area (TPSA) is 49.7 Å². The molecule has 0 aromatic rings. The van der Waals surface area contributed by atoms with Gasteiger partial charge in [-0.25, -0.2) is 0 Å². The highest BCUT2D eigenvalue weighted by Gasteiger charge is 1.98. The molecule has 0 rings (SSSR count). The molecule has 3 heteroatoms. The molecule has 0 saturated carbocycles. The first kappa shape index (κ1) is 9.44. The van der Waals surface area contributed by atoms with Crippen LogP contribution in [-0.2, 0) is 4.74 Å². The fourth-order valence-electron chi connectivity index (χ4n) is 0.371. The molecule has 0 bridgehead atoms. The van der Waals surface area contributed by atoms with Crippen molar-refractivity contribution in [1.29, 1.82) is 0 Å². The highest BCUT2D eigenvalue weighted by atomic mass is 16.5. The van der Waals surface area contributed by atoms with E-state index in [2.05, 4.69) is 11.8 Å². The zero-order valence-electron chi connectivity index (χ0n) is 6.00. The molecule has 0 radical (unpaired) electrons. The van der Waals surface area contributed by atoms with Gasteiger partial charge in [0.1, 0.15) is 12.7 Å². The molecule has 0 aliphatic carbocycles. The SMILES string of the molecule is CC#CCOCC(O)CO. The maximum atomic E-state index is 8.73. The van der Waals surface area contributed by atoms with Crippen LogP contribution < -0.4 is 0 Å². The Morgan fingerprint density at radius 2 is 2.30 bits per heavy atom. The fraction of sp³-hybridized carbons (Fsp3) is 0.714. The second-order valence-corrected chi connectivity index (χ2v) is 1.78. The van der Waals surface area contributed by atoms with Crippen LogP contribution in [0.15, 0.2) is 0 Å². The van der Waals surface area contributed by atoms with Gasteiger partial charge in [-0.15, -0.1) is 5.92 Å². The van der Waals surface area contributed by atoms with Gasteiger partial charge in [-0.05, 0) is 6.92 Å². The quantitative estimate of drug-likeness (QED) is 0.408. The Morgan fingerprint density at radius 3 is 2.80 bits per heavy atom. The number of hydrogen-bond donors (Lipinski definition) is 2. The van der Waals surface area contributed by atoms with E-state index >= 15 is 0 Å². The lowest BCUT2D eigenvalue weighted by Gasteiger charge is -2.04. The zero-order valence-corrected chi connectivity index (χ0v) is 6.00. The highest BCUT2D eigenvalue weighted by molar-refractivity contribution is 4.94. The molecule has 0 heterocycles. The molecule has 58 valence electrons. The summed E-state index contributed by atoms with van der Waals surface area (Å²) in [5.41, 5.74) is 0. The van der Waals surface area contributed by atoms with Crippen molar-refractivity contribution in [3.8, 4) is 11.8 Å². The first-order valence-electron chi connectivity index (χ1n) is 3.07. The van der Waals surface area contributed by atoms with E-state index in [-0.39, 0.29) is 13.2 Å². The molecule has 0 aromatic heterocycles. The van der Waals surface area contributed by atoms with Crippen LogP contribution in [0.4, 0.5) is 0 Å². The average Bonchev–Trinajstić information content (AvgIpc) is 1.98. The molecule has 0 amide bonds. The Balaban J connectivity index is 3.08. The molecule has 0 aliphatic rings. The fourth-order valence-corrected chi connectivity index (χ4v) is 0.371. The van der Waals surface area contributed by atoms with Gasteiger partial charge in [0.15, 0.2) is 0 Å². The predicted molar refractivity (Wildman–Crippen MR) is 37.4 cm³/mol. The molecular formula is C7H12O3. The summed E-state index contributed by atoms with van der Waals surface area (Å²) in [7, 11) is 0. The van der Waals surface area contributed by atoms with E-state index in [1.807, 2.05) is 0 Å². The predicted octanol–water partition coefficient (Wildman–Crippen LogP) is -0.620. The summed E-state index contributed by atoms with van der Waals surface area (Å²) in [4.78, 5) is 0. The van der Waals surface area contributed by atoms with Crippen LogP contribution in [0.3, 0.4) is 0 Å². The van der Waals surface area contributed by atoms with Crippen molar-refractivity contribution in [2.45, 2.75) is 13.0 Å². The van der Waals surface area contributed by atoms with E-state index in [1.165, 1.54) is 0 Å². The molecule has 1 unspecified atom stereocenters. The largest absolute Gasteiger partial charge is 0.394 e. The third kappa shape index (κ3) is 5.57. The summed E-state index contributed by atoms with van der Waals surface area (Å²) >= 11 is 0. The number of hydrogen-bond acceptors (Lipinski definition) is 3. The lowest BCUT2D eigenvalue weighted by atomic mass is 10.4. The zero-order chi connectivity index (χ0) is 7.82. The lowest BCUT2D eigenvalue weighted by Crippen LogP contribution is -2.19. The monoisotopic (exact) mass is 144 g/mol. The highest BCUT2D eigenvalue weighted by Crippen LogP contribution is 1.81. The number of ether oxygens (including phenoxy) is 1. The van der Waals surface area contributed by atoms with E-state index in [0.717, 1.165) is 0 Å². The minimum atomic E-state index is -0.779. The van der Waals surface area contributed by atoms with E-state index in [9.17, 15) is 0 Å². The van der Waals surface area contributed by atoms with Crippen molar-refractivity contribution in [2.75, 3.05) is 19.8 Å². The van der Waals surface area contributed by atoms with E-state index in [1.54, 1.807) is 6.92 Å². The molecule has 0 aromatic carbocycles. The van der Waals surface area contributed by atoms with Crippen LogP contribution in [0, 0.1) is 11.8 Å². The van der Waals surface area contributed by atoms with Crippen molar-refractivity contribution in [2.24, 2.45) is 0 Å². The molecule has 2 N–H and O–H groups in total. The minimum Gasteiger partial charge on any atom is -0.394 e. The first-order chi connectivity index (χ1) is 4.81. The normalized spacial score (nSPS) is 11.9. The summed E-state index contributed by atoms with van der Waals surface area (Å²) in [5.74, 6) is 5.30. The Morgan fingerprint density at radius 1 is 1.60 bits per heavy atom. The Kier molecular flexibility index (Phi) is 6.19. The van der Waals surface area contributed by atoms with Gasteiger partial charge >= 0.3 is 0 Å². The molecule has 0 spiro atoms. The summed E-state index contributed by atoms with van der Waals surface area (Å²) in [6, 6.07) is 0. The number of aliphatic hydroxyl groups is 2. The van der Waals surface area contributed by atoms with Gasteiger partial charge in [-0.1, -0.05) is 5.92 Å². The average molecular weight is 144 g/mol. The smallest absolute Gasteiger partial charge is 0.107 e. The first-order valence-corrected chi connectivity index (χ1v) is 3.07. The van der Waals surface area contributed by atoms with Gasteiger partial charge in [0, 0.05) is 0 Å². The van der Waals surface area contributed by atoms with Crippen LogP contribution in [0.5, 0.6) is 0 Å². The molecule has 0 fully saturated rings. The molecule has 0 saturated heterocycles. The van der Waals surface area contributed by atoms with Gasteiger partial charge in [0.25, 0.3) is 0 Å². The second-order valence-electron chi connectivity index (χ2n) is 1.78. The van der Waals surface area contributed by atoms with Gasteiger partial charge in [-0.2, -0.15) is 0 Å². The van der Waals surface area contributed by atoms with Crippen LogP contribution in [-0.4, -0.2) is 36.1 Å². The molecule has 3 nitrogen and oxygen atoms in total. The van der Waals surface area contributed by atoms with Crippen molar-refractivity contribution in [3.63, 3.8) is 0 Å². The van der Waals surface area contributed by atoms with Crippen LogP contribution in [0.1, 0.15) is 6.92 Å². The summed E-state index contributed by atoms with van der Waals surface area (Å²) < 4.78 is 4.84. The lowest BCUT2D eigenvalue weighted by molar-refractivity contribution is 0.0164. The Hall–Kier alpha value is -0.560. The van der Waals surface area contributed by atoms with Gasteiger partial charge < -0.3 is 14.9 Å². The van der Waals surface area contributed by atoms with E-state index in [4.69, 9.17) is 14.9 Å². The Labute approximate surface area is 60.6 Å². The van der Waals surface area contributed by atoms with Gasteiger partial charge in [0.2, 0.25) is 0 Å². The summed E-state index contributed by atoms with van der Waals surface area (Å²) in [6.45, 7) is 1.91. The van der Waals surface area contributed by atoms with Crippen LogP contribution >= 0.6 is 0 Å². The molecule has 0 aliphatic heterocycles. The maximum absolute atomic E-state index is 8.73. The van der Waals surface area contributed by atoms with E-state index in [0.29, 0.717) is 6.61 Å². The number of aliphatic hydroxyl groups excluding tert-OH is 2. The number of rotatable bonds is 4. The van der Waals surface area contributed by atoms with E-state index < -0.39 is 6.10 Å². The molecule has 10 heavy (non-hydrogen) atoms. The third-order valence-corrected chi connectivity index (χ3v) is 0.872. The third-order valence-electron chi connectivity index (χ3n) is 0.872. The molecular weight excluding hydrogens is 132 g/mol. The van der Waals surface area contributed by atoms with Crippen molar-refractivity contribution < 1.29 is 14.9 Å². The van der Waals surface area contributed by atoms with Gasteiger partial charge in [-0.3, -0.25) is 0 Å². The van der Waals surface area contributed by atoms with Gasteiger partial charge in [0.05, 0.1) is 13.2 Å². The van der Waals surface area contributed by atoms with Crippen molar-refractivity contribution in [1.82, 2.24) is 0 Å².